The third kappa shape index (κ3) is 5.15. The summed E-state index contributed by atoms with van der Waals surface area (Å²) in [5.74, 6) is -0.0686. The number of halogens is 3. The zero-order valence-corrected chi connectivity index (χ0v) is 16.8. The molecule has 0 aliphatic carbocycles. The molecule has 0 heterocycles. The molecule has 0 unspecified atom stereocenters. The molecular formula is C22H13Cl2FN2O3. The summed E-state index contributed by atoms with van der Waals surface area (Å²) < 4.78 is 18.7. The predicted molar refractivity (Wildman–Crippen MR) is 114 cm³/mol. The van der Waals surface area contributed by atoms with E-state index in [2.05, 4.69) is 6.07 Å². The number of hydrogen-bond acceptors (Lipinski definition) is 4. The standard InChI is InChI=1S/C22H13Cl2FN2O3/c23-20-10-15(9-17(12-26)16-3-7-19(8-4-16)27(28)29)11-21(24)22(20)30-13-14-1-5-18(25)6-2-14/h1-11H,13H2/b17-9+. The Morgan fingerprint density at radius 3 is 2.23 bits per heavy atom. The number of ether oxygens (including phenoxy) is 1. The highest BCUT2D eigenvalue weighted by Crippen LogP contribution is 2.36. The third-order valence-corrected chi connectivity index (χ3v) is 4.70. The minimum atomic E-state index is -0.510. The molecule has 0 aliphatic heterocycles. The van der Waals surface area contributed by atoms with Crippen LogP contribution in [-0.4, -0.2) is 4.92 Å². The van der Waals surface area contributed by atoms with Crippen LogP contribution in [0.25, 0.3) is 11.6 Å². The summed E-state index contributed by atoms with van der Waals surface area (Å²) in [4.78, 5) is 10.3. The largest absolute Gasteiger partial charge is 0.486 e. The minimum Gasteiger partial charge on any atom is -0.486 e. The van der Waals surface area contributed by atoms with Gasteiger partial charge in [-0.05, 0) is 59.2 Å². The van der Waals surface area contributed by atoms with Gasteiger partial charge in [0.15, 0.2) is 5.75 Å². The number of rotatable bonds is 6. The predicted octanol–water partition coefficient (Wildman–Crippen LogP) is 6.68. The van der Waals surface area contributed by atoms with Crippen molar-refractivity contribution in [2.75, 3.05) is 0 Å². The molecule has 0 aliphatic rings. The first-order valence-electron chi connectivity index (χ1n) is 8.60. The monoisotopic (exact) mass is 442 g/mol. The summed E-state index contributed by atoms with van der Waals surface area (Å²) in [7, 11) is 0. The van der Waals surface area contributed by atoms with Crippen LogP contribution in [0, 0.1) is 27.3 Å². The number of nitro groups is 1. The summed E-state index contributed by atoms with van der Waals surface area (Å²) in [5.41, 5.74) is 2.06. The van der Waals surface area contributed by atoms with Crippen LogP contribution in [0.15, 0.2) is 60.7 Å². The van der Waals surface area contributed by atoms with Crippen LogP contribution in [0.2, 0.25) is 10.0 Å². The van der Waals surface area contributed by atoms with Gasteiger partial charge < -0.3 is 4.74 Å². The maximum Gasteiger partial charge on any atom is 0.269 e. The fourth-order valence-electron chi connectivity index (χ4n) is 2.65. The van der Waals surface area contributed by atoms with Crippen LogP contribution in [0.5, 0.6) is 5.75 Å². The van der Waals surface area contributed by atoms with Gasteiger partial charge in [-0.3, -0.25) is 10.1 Å². The Labute approximate surface area is 181 Å². The number of nitrogens with zero attached hydrogens (tertiary/aromatic N) is 2. The summed E-state index contributed by atoms with van der Waals surface area (Å²) in [6.45, 7) is 0.154. The molecule has 0 bridgehead atoms. The fraction of sp³-hybridized carbons (Fsp3) is 0.0455. The van der Waals surface area contributed by atoms with Crippen molar-refractivity contribution in [3.63, 3.8) is 0 Å². The van der Waals surface area contributed by atoms with Crippen LogP contribution in [0.4, 0.5) is 10.1 Å². The molecule has 0 amide bonds. The average molecular weight is 443 g/mol. The van der Waals surface area contributed by atoms with Crippen molar-refractivity contribution in [3.05, 3.63) is 103 Å². The van der Waals surface area contributed by atoms with E-state index in [1.165, 1.54) is 36.4 Å². The van der Waals surface area contributed by atoms with E-state index < -0.39 is 4.92 Å². The van der Waals surface area contributed by atoms with E-state index in [0.29, 0.717) is 11.1 Å². The second-order valence-corrected chi connectivity index (χ2v) is 7.02. The second kappa shape index (κ2) is 9.40. The first kappa shape index (κ1) is 21.3. The highest BCUT2D eigenvalue weighted by atomic mass is 35.5. The molecule has 0 atom stereocenters. The van der Waals surface area contributed by atoms with Crippen LogP contribution in [0.3, 0.4) is 0 Å². The fourth-order valence-corrected chi connectivity index (χ4v) is 3.26. The van der Waals surface area contributed by atoms with E-state index in [1.807, 2.05) is 0 Å². The second-order valence-electron chi connectivity index (χ2n) is 6.20. The van der Waals surface area contributed by atoms with Crippen molar-refractivity contribution in [1.82, 2.24) is 0 Å². The van der Waals surface area contributed by atoms with Gasteiger partial charge in [0.25, 0.3) is 5.69 Å². The lowest BCUT2D eigenvalue weighted by molar-refractivity contribution is -0.384. The topological polar surface area (TPSA) is 76.2 Å². The summed E-state index contributed by atoms with van der Waals surface area (Å²) >= 11 is 12.6. The van der Waals surface area contributed by atoms with E-state index in [4.69, 9.17) is 27.9 Å². The number of nitro benzene ring substituents is 1. The van der Waals surface area contributed by atoms with E-state index in [1.54, 1.807) is 30.3 Å². The summed E-state index contributed by atoms with van der Waals surface area (Å²) in [5, 5.41) is 20.7. The molecule has 3 aromatic carbocycles. The number of nitriles is 1. The van der Waals surface area contributed by atoms with Gasteiger partial charge in [-0.25, -0.2) is 4.39 Å². The third-order valence-electron chi connectivity index (χ3n) is 4.14. The Morgan fingerprint density at radius 1 is 1.10 bits per heavy atom. The Morgan fingerprint density at radius 2 is 1.70 bits per heavy atom. The van der Waals surface area contributed by atoms with Gasteiger partial charge >= 0.3 is 0 Å². The first-order valence-corrected chi connectivity index (χ1v) is 9.36. The van der Waals surface area contributed by atoms with Crippen molar-refractivity contribution in [2.24, 2.45) is 0 Å². The molecule has 0 radical (unpaired) electrons. The van der Waals surface area contributed by atoms with Gasteiger partial charge in [0.2, 0.25) is 0 Å². The molecule has 5 nitrogen and oxygen atoms in total. The molecular weight excluding hydrogens is 430 g/mol. The van der Waals surface area contributed by atoms with Crippen LogP contribution >= 0.6 is 23.2 Å². The molecule has 0 spiro atoms. The minimum absolute atomic E-state index is 0.0650. The van der Waals surface area contributed by atoms with Gasteiger partial charge in [-0.1, -0.05) is 35.3 Å². The van der Waals surface area contributed by atoms with Crippen molar-refractivity contribution in [2.45, 2.75) is 6.61 Å². The van der Waals surface area contributed by atoms with Crippen molar-refractivity contribution in [1.29, 1.82) is 5.26 Å². The molecule has 3 aromatic rings. The molecule has 0 fully saturated rings. The highest BCUT2D eigenvalue weighted by molar-refractivity contribution is 6.37. The SMILES string of the molecule is N#C/C(=C\c1cc(Cl)c(OCc2ccc(F)cc2)c(Cl)c1)c1ccc([N+](=O)[O-])cc1. The maximum absolute atomic E-state index is 13.0. The van der Waals surface area contributed by atoms with E-state index in [9.17, 15) is 19.8 Å². The van der Waals surface area contributed by atoms with Crippen molar-refractivity contribution in [3.8, 4) is 11.8 Å². The molecule has 0 saturated carbocycles. The normalized spacial score (nSPS) is 11.1. The van der Waals surface area contributed by atoms with Gasteiger partial charge in [0, 0.05) is 12.1 Å². The smallest absolute Gasteiger partial charge is 0.269 e. The van der Waals surface area contributed by atoms with E-state index >= 15 is 0 Å². The van der Waals surface area contributed by atoms with E-state index in [-0.39, 0.29) is 39.5 Å². The first-order chi connectivity index (χ1) is 14.4. The van der Waals surface area contributed by atoms with Crippen molar-refractivity contribution >= 4 is 40.5 Å². The Bertz CT molecular complexity index is 1130. The Balaban J connectivity index is 1.83. The Hall–Kier alpha value is -3.40. The lowest BCUT2D eigenvalue weighted by Crippen LogP contribution is -1.97. The van der Waals surface area contributed by atoms with Crippen LogP contribution < -0.4 is 4.74 Å². The van der Waals surface area contributed by atoms with Crippen LogP contribution in [-0.2, 0) is 6.61 Å². The Kier molecular flexibility index (Phi) is 6.68. The van der Waals surface area contributed by atoms with Crippen molar-refractivity contribution < 1.29 is 14.1 Å². The molecule has 0 aromatic heterocycles. The van der Waals surface area contributed by atoms with Gasteiger partial charge in [0.05, 0.1) is 26.6 Å². The number of allylic oxidation sites excluding steroid dienone is 1. The summed E-state index contributed by atoms with van der Waals surface area (Å²) in [6.07, 6.45) is 1.57. The maximum atomic E-state index is 13.0. The zero-order chi connectivity index (χ0) is 21.7. The quantitative estimate of drug-likeness (QED) is 0.184. The molecule has 3 rings (SSSR count). The molecule has 0 N–H and O–H groups in total. The molecule has 150 valence electrons. The molecule has 30 heavy (non-hydrogen) atoms. The number of non-ortho nitro benzene ring substituents is 1. The van der Waals surface area contributed by atoms with Gasteiger partial charge in [0.1, 0.15) is 12.4 Å². The summed E-state index contributed by atoms with van der Waals surface area (Å²) in [6, 6.07) is 16.7. The lowest BCUT2D eigenvalue weighted by Gasteiger charge is -2.11. The van der Waals surface area contributed by atoms with Gasteiger partial charge in [-0.2, -0.15) is 5.26 Å². The zero-order valence-electron chi connectivity index (χ0n) is 15.3. The average Bonchev–Trinajstić information content (AvgIpc) is 2.73. The number of benzene rings is 3. The van der Waals surface area contributed by atoms with Crippen LogP contribution in [0.1, 0.15) is 16.7 Å². The molecule has 8 heteroatoms. The lowest BCUT2D eigenvalue weighted by atomic mass is 10.0. The van der Waals surface area contributed by atoms with E-state index in [0.717, 1.165) is 5.56 Å². The van der Waals surface area contributed by atoms with Gasteiger partial charge in [-0.15, -0.1) is 0 Å². The number of hydrogen-bond donors (Lipinski definition) is 0. The molecule has 0 saturated heterocycles. The highest BCUT2D eigenvalue weighted by Gasteiger charge is 2.12.